The van der Waals surface area contributed by atoms with Crippen molar-refractivity contribution in [1.82, 2.24) is 0 Å². The van der Waals surface area contributed by atoms with Crippen LogP contribution in [0.3, 0.4) is 0 Å². The molecule has 0 aliphatic carbocycles. The van der Waals surface area contributed by atoms with Crippen LogP contribution in [-0.4, -0.2) is 34.1 Å². The van der Waals surface area contributed by atoms with E-state index in [9.17, 15) is 13.2 Å². The molecule has 0 unspecified atom stereocenters. The van der Waals surface area contributed by atoms with E-state index in [-0.39, 0.29) is 17.4 Å². The van der Waals surface area contributed by atoms with Crippen LogP contribution in [0.1, 0.15) is 5.56 Å². The van der Waals surface area contributed by atoms with Gasteiger partial charge in [0.05, 0.1) is 11.5 Å². The first-order valence-corrected chi connectivity index (χ1v) is 11.4. The van der Waals surface area contributed by atoms with Crippen molar-refractivity contribution in [1.29, 1.82) is 0 Å². The third-order valence-electron chi connectivity index (χ3n) is 4.59. The minimum absolute atomic E-state index is 0.0645. The quantitative estimate of drug-likeness (QED) is 0.541. The highest BCUT2D eigenvalue weighted by atomic mass is 32.2. The molecular weight excluding hydrogens is 432 g/mol. The zero-order valence-electron chi connectivity index (χ0n) is 17.1. The van der Waals surface area contributed by atoms with Crippen LogP contribution < -0.4 is 19.5 Å². The molecule has 9 heteroatoms. The van der Waals surface area contributed by atoms with Crippen molar-refractivity contribution in [3.8, 4) is 11.5 Å². The molecule has 0 aromatic heterocycles. The summed E-state index contributed by atoms with van der Waals surface area (Å²) in [5.41, 5.74) is 1.87. The summed E-state index contributed by atoms with van der Waals surface area (Å²) in [6, 6.07) is 20.4. The van der Waals surface area contributed by atoms with E-state index in [1.807, 2.05) is 30.3 Å². The molecule has 1 amide bonds. The highest BCUT2D eigenvalue weighted by molar-refractivity contribution is 7.92. The van der Waals surface area contributed by atoms with Crippen molar-refractivity contribution in [2.24, 2.45) is 0 Å². The number of ether oxygens (including phenoxy) is 3. The van der Waals surface area contributed by atoms with E-state index in [0.29, 0.717) is 42.7 Å². The third kappa shape index (κ3) is 5.57. The van der Waals surface area contributed by atoms with Gasteiger partial charge in [-0.3, -0.25) is 9.52 Å². The van der Waals surface area contributed by atoms with E-state index < -0.39 is 10.0 Å². The average Bonchev–Trinajstić information content (AvgIpc) is 2.80. The molecule has 0 saturated carbocycles. The van der Waals surface area contributed by atoms with Gasteiger partial charge in [0.15, 0.2) is 11.5 Å². The van der Waals surface area contributed by atoms with Crippen molar-refractivity contribution in [3.63, 3.8) is 0 Å². The molecule has 0 radical (unpaired) electrons. The van der Waals surface area contributed by atoms with Gasteiger partial charge in [-0.1, -0.05) is 30.3 Å². The minimum atomic E-state index is -3.81. The van der Waals surface area contributed by atoms with Crippen molar-refractivity contribution >= 4 is 27.3 Å². The molecule has 0 saturated heterocycles. The maximum Gasteiger partial charge on any atom is 0.262 e. The topological polar surface area (TPSA) is 103 Å². The van der Waals surface area contributed by atoms with Crippen LogP contribution in [0.5, 0.6) is 11.5 Å². The van der Waals surface area contributed by atoms with Crippen molar-refractivity contribution in [2.75, 3.05) is 29.9 Å². The number of sulfonamides is 1. The molecule has 0 spiro atoms. The number of fused-ring (bicyclic) bond motifs is 1. The van der Waals surface area contributed by atoms with Gasteiger partial charge < -0.3 is 19.5 Å². The van der Waals surface area contributed by atoms with Gasteiger partial charge in [-0.2, -0.15) is 0 Å². The molecule has 0 bridgehead atoms. The first kappa shape index (κ1) is 21.7. The Morgan fingerprint density at radius 2 is 1.56 bits per heavy atom. The van der Waals surface area contributed by atoms with E-state index in [1.165, 1.54) is 12.1 Å². The summed E-state index contributed by atoms with van der Waals surface area (Å²) >= 11 is 0. The highest BCUT2D eigenvalue weighted by Crippen LogP contribution is 2.32. The highest BCUT2D eigenvalue weighted by Gasteiger charge is 2.19. The Hall–Kier alpha value is -3.56. The lowest BCUT2D eigenvalue weighted by Gasteiger charge is -2.19. The molecule has 3 aromatic carbocycles. The Bertz CT molecular complexity index is 1180. The fourth-order valence-electron chi connectivity index (χ4n) is 3.06. The average molecular weight is 455 g/mol. The monoisotopic (exact) mass is 454 g/mol. The van der Waals surface area contributed by atoms with Gasteiger partial charge >= 0.3 is 0 Å². The molecule has 2 N–H and O–H groups in total. The van der Waals surface area contributed by atoms with Crippen LogP contribution in [-0.2, 0) is 26.2 Å². The standard InChI is InChI=1S/C23H22N2O6S/c26-23(16-29-15-17-4-2-1-3-5-17)24-18-6-8-19(9-7-18)25-32(27,28)20-10-11-21-22(14-20)31-13-12-30-21/h1-11,14,25H,12-13,15-16H2,(H,24,26). The number of carbonyl (C=O) groups is 1. The number of hydrogen-bond acceptors (Lipinski definition) is 6. The van der Waals surface area contributed by atoms with Crippen LogP contribution in [0.2, 0.25) is 0 Å². The lowest BCUT2D eigenvalue weighted by molar-refractivity contribution is -0.121. The molecule has 1 heterocycles. The largest absolute Gasteiger partial charge is 0.486 e. The summed E-state index contributed by atoms with van der Waals surface area (Å²) in [5.74, 6) is 0.611. The van der Waals surface area contributed by atoms with Gasteiger partial charge in [0, 0.05) is 17.4 Å². The van der Waals surface area contributed by atoms with E-state index in [4.69, 9.17) is 14.2 Å². The number of anilines is 2. The van der Waals surface area contributed by atoms with Crippen LogP contribution in [0.4, 0.5) is 11.4 Å². The van der Waals surface area contributed by atoms with Crippen LogP contribution in [0, 0.1) is 0 Å². The second kappa shape index (κ2) is 9.71. The molecule has 0 atom stereocenters. The van der Waals surface area contributed by atoms with E-state index in [0.717, 1.165) is 5.56 Å². The lowest BCUT2D eigenvalue weighted by Crippen LogP contribution is -2.18. The SMILES string of the molecule is O=C(COCc1ccccc1)Nc1ccc(NS(=O)(=O)c2ccc3c(c2)OCCO3)cc1. The first-order valence-electron chi connectivity index (χ1n) is 9.94. The second-order valence-corrected chi connectivity index (χ2v) is 8.70. The number of benzene rings is 3. The van der Waals surface area contributed by atoms with E-state index in [2.05, 4.69) is 10.0 Å². The van der Waals surface area contributed by atoms with Crippen molar-refractivity contribution < 1.29 is 27.4 Å². The zero-order valence-corrected chi connectivity index (χ0v) is 17.9. The van der Waals surface area contributed by atoms with Crippen LogP contribution in [0.15, 0.2) is 77.7 Å². The summed E-state index contributed by atoms with van der Waals surface area (Å²) in [5, 5.41) is 2.71. The first-order chi connectivity index (χ1) is 15.5. The lowest BCUT2D eigenvalue weighted by atomic mass is 10.2. The Morgan fingerprint density at radius 3 is 2.31 bits per heavy atom. The number of nitrogens with one attached hydrogen (secondary N) is 2. The molecule has 0 fully saturated rings. The molecule has 1 aliphatic rings. The fraction of sp³-hybridized carbons (Fsp3) is 0.174. The van der Waals surface area contributed by atoms with Gasteiger partial charge in [0.25, 0.3) is 10.0 Å². The zero-order chi connectivity index (χ0) is 22.4. The molecule has 32 heavy (non-hydrogen) atoms. The van der Waals surface area contributed by atoms with Gasteiger partial charge in [-0.15, -0.1) is 0 Å². The Labute approximate surface area is 186 Å². The summed E-state index contributed by atoms with van der Waals surface area (Å²) in [7, 11) is -3.81. The van der Waals surface area contributed by atoms with Crippen LogP contribution >= 0.6 is 0 Å². The summed E-state index contributed by atoms with van der Waals surface area (Å²) < 4.78 is 44.2. The summed E-state index contributed by atoms with van der Waals surface area (Å²) in [6.07, 6.45) is 0. The summed E-state index contributed by atoms with van der Waals surface area (Å²) in [4.78, 5) is 12.1. The number of rotatable bonds is 8. The number of carbonyl (C=O) groups excluding carboxylic acids is 1. The van der Waals surface area contributed by atoms with Gasteiger partial charge in [-0.25, -0.2) is 8.42 Å². The Kier molecular flexibility index (Phi) is 6.58. The van der Waals surface area contributed by atoms with Gasteiger partial charge in [0.1, 0.15) is 19.8 Å². The maximum atomic E-state index is 12.7. The predicted octanol–water partition coefficient (Wildman–Crippen LogP) is 3.41. The molecule has 8 nitrogen and oxygen atoms in total. The van der Waals surface area contributed by atoms with Gasteiger partial charge in [0.2, 0.25) is 5.91 Å². The summed E-state index contributed by atoms with van der Waals surface area (Å²) in [6.45, 7) is 1.05. The van der Waals surface area contributed by atoms with E-state index >= 15 is 0 Å². The number of amides is 1. The molecule has 3 aromatic rings. The van der Waals surface area contributed by atoms with E-state index in [1.54, 1.807) is 30.3 Å². The minimum Gasteiger partial charge on any atom is -0.486 e. The third-order valence-corrected chi connectivity index (χ3v) is 5.97. The maximum absolute atomic E-state index is 12.7. The molecule has 4 rings (SSSR count). The molecular formula is C23H22N2O6S. The Morgan fingerprint density at radius 1 is 0.875 bits per heavy atom. The fourth-order valence-corrected chi connectivity index (χ4v) is 4.13. The normalized spacial score (nSPS) is 12.8. The molecule has 166 valence electrons. The smallest absolute Gasteiger partial charge is 0.262 e. The molecule has 1 aliphatic heterocycles. The number of hydrogen-bond donors (Lipinski definition) is 2. The second-order valence-electron chi connectivity index (χ2n) is 7.01. The van der Waals surface area contributed by atoms with Crippen molar-refractivity contribution in [3.05, 3.63) is 78.4 Å². The van der Waals surface area contributed by atoms with Crippen molar-refractivity contribution in [2.45, 2.75) is 11.5 Å². The Balaban J connectivity index is 1.31. The predicted molar refractivity (Wildman–Crippen MR) is 119 cm³/mol. The van der Waals surface area contributed by atoms with Gasteiger partial charge in [-0.05, 0) is 42.0 Å². The van der Waals surface area contributed by atoms with Crippen LogP contribution in [0.25, 0.3) is 0 Å².